The largest absolute Gasteiger partial charge is 0.341 e. The van der Waals surface area contributed by atoms with Crippen LogP contribution >= 0.6 is 11.6 Å². The zero-order valence-electron chi connectivity index (χ0n) is 25.9. The first-order valence-corrected chi connectivity index (χ1v) is 17.8. The van der Waals surface area contributed by atoms with Gasteiger partial charge in [0.25, 0.3) is 10.1 Å². The average molecular weight is 650 g/mol. The highest BCUT2D eigenvalue weighted by Crippen LogP contribution is 2.44. The number of halogens is 1. The Kier molecular flexibility index (Phi) is 9.69. The number of anilines is 1. The molecule has 2 heterocycles. The minimum absolute atomic E-state index is 0.243. The molecular formula is C39H38ClN2O3S+. The number of para-hydroxylation sites is 2. The van der Waals surface area contributed by atoms with Gasteiger partial charge in [0.15, 0.2) is 0 Å². The molecule has 0 fully saturated rings. The summed E-state index contributed by atoms with van der Waals surface area (Å²) in [5, 5.41) is 1.80. The van der Waals surface area contributed by atoms with Crippen molar-refractivity contribution in [2.24, 2.45) is 0 Å². The second-order valence-corrected chi connectivity index (χ2v) is 13.6. The number of allylic oxidation sites excluding steroid dienone is 7. The summed E-state index contributed by atoms with van der Waals surface area (Å²) in [6.45, 7) is 3.78. The first-order chi connectivity index (χ1) is 22.3. The molecule has 2 aliphatic rings. The lowest BCUT2D eigenvalue weighted by molar-refractivity contribution is -0.673. The molecule has 0 unspecified atom stereocenters. The molecule has 4 aromatic rings. The number of unbranched alkanes of at least 4 members (excludes halogenated alkanes) is 2. The summed E-state index contributed by atoms with van der Waals surface area (Å²) in [5.41, 5.74) is 9.76. The highest BCUT2D eigenvalue weighted by Gasteiger charge is 2.24. The highest BCUT2D eigenvalue weighted by atomic mass is 35.5. The van der Waals surface area contributed by atoms with Crippen molar-refractivity contribution >= 4 is 61.6 Å². The van der Waals surface area contributed by atoms with E-state index in [1.165, 1.54) is 11.3 Å². The summed E-state index contributed by atoms with van der Waals surface area (Å²) in [4.78, 5) is 2.39. The third-order valence-electron chi connectivity index (χ3n) is 8.54. The van der Waals surface area contributed by atoms with Gasteiger partial charge < -0.3 is 4.90 Å². The third-order valence-corrected chi connectivity index (χ3v) is 9.75. The van der Waals surface area contributed by atoms with Crippen LogP contribution in [0.15, 0.2) is 120 Å². The van der Waals surface area contributed by atoms with Crippen molar-refractivity contribution in [2.45, 2.75) is 39.2 Å². The van der Waals surface area contributed by atoms with Crippen molar-refractivity contribution in [1.82, 2.24) is 0 Å². The second-order valence-electron chi connectivity index (χ2n) is 11.6. The molecule has 5 nitrogen and oxygen atoms in total. The summed E-state index contributed by atoms with van der Waals surface area (Å²) in [6, 6.07) is 29.2. The predicted octanol–water partition coefficient (Wildman–Crippen LogP) is 9.07. The molecule has 1 aromatic heterocycles. The second kappa shape index (κ2) is 14.0. The van der Waals surface area contributed by atoms with Crippen LogP contribution in [-0.2, 0) is 16.7 Å². The number of aromatic nitrogens is 1. The molecule has 0 radical (unpaired) electrons. The SMILES string of the molecule is CCCCN1/C(=C/C=C2C(Cl)=C(/C=C/c3ccc4ccccc4[n+]3CCCCS(=O)(=O)O)c3ccccc3/2)C=Cc2ccccc21. The Bertz CT molecular complexity index is 2040. The summed E-state index contributed by atoms with van der Waals surface area (Å²) in [6.07, 6.45) is 16.1. The smallest absolute Gasteiger partial charge is 0.264 e. The molecule has 0 amide bonds. The van der Waals surface area contributed by atoms with E-state index >= 15 is 0 Å². The lowest BCUT2D eigenvalue weighted by atomic mass is 10.0. The maximum atomic E-state index is 11.3. The van der Waals surface area contributed by atoms with Gasteiger partial charge >= 0.3 is 0 Å². The molecule has 6 rings (SSSR count). The molecule has 46 heavy (non-hydrogen) atoms. The van der Waals surface area contributed by atoms with Gasteiger partial charge in [0.2, 0.25) is 11.2 Å². The maximum Gasteiger partial charge on any atom is 0.264 e. The van der Waals surface area contributed by atoms with Crippen molar-refractivity contribution in [3.63, 3.8) is 0 Å². The minimum Gasteiger partial charge on any atom is -0.341 e. The number of benzene rings is 3. The Morgan fingerprint density at radius 3 is 2.41 bits per heavy atom. The van der Waals surface area contributed by atoms with Crippen LogP contribution in [0, 0.1) is 0 Å². The fraction of sp³-hybridized carbons (Fsp3) is 0.205. The van der Waals surface area contributed by atoms with E-state index in [4.69, 9.17) is 11.6 Å². The van der Waals surface area contributed by atoms with E-state index in [0.717, 1.165) is 64.0 Å². The van der Waals surface area contributed by atoms with Crippen LogP contribution in [0.2, 0.25) is 0 Å². The molecule has 0 spiro atoms. The fourth-order valence-corrected chi connectivity index (χ4v) is 7.11. The lowest BCUT2D eigenvalue weighted by Crippen LogP contribution is -2.38. The minimum atomic E-state index is -3.98. The van der Waals surface area contributed by atoms with E-state index in [1.807, 2.05) is 24.3 Å². The van der Waals surface area contributed by atoms with Gasteiger partial charge in [-0.15, -0.1) is 0 Å². The maximum absolute atomic E-state index is 11.3. The van der Waals surface area contributed by atoms with E-state index in [1.54, 1.807) is 0 Å². The van der Waals surface area contributed by atoms with Gasteiger partial charge in [-0.25, -0.2) is 0 Å². The molecule has 0 atom stereocenters. The fourth-order valence-electron chi connectivity index (χ4n) is 6.22. The van der Waals surface area contributed by atoms with E-state index in [-0.39, 0.29) is 5.75 Å². The Morgan fingerprint density at radius 1 is 0.826 bits per heavy atom. The van der Waals surface area contributed by atoms with Gasteiger partial charge in [0, 0.05) is 59.1 Å². The zero-order chi connectivity index (χ0) is 32.1. The molecule has 7 heteroatoms. The van der Waals surface area contributed by atoms with Crippen molar-refractivity contribution < 1.29 is 17.5 Å². The number of fused-ring (bicyclic) bond motifs is 3. The molecule has 234 valence electrons. The van der Waals surface area contributed by atoms with Gasteiger partial charge in [-0.05, 0) is 66.0 Å². The van der Waals surface area contributed by atoms with E-state index in [0.29, 0.717) is 24.4 Å². The summed E-state index contributed by atoms with van der Waals surface area (Å²) in [7, 11) is -3.98. The molecule has 0 bridgehead atoms. The number of pyridine rings is 1. The normalized spacial score (nSPS) is 16.3. The Morgan fingerprint density at radius 2 is 1.59 bits per heavy atom. The molecular weight excluding hydrogens is 612 g/mol. The third kappa shape index (κ3) is 6.95. The summed E-state index contributed by atoms with van der Waals surface area (Å²) >= 11 is 7.19. The monoisotopic (exact) mass is 649 g/mol. The van der Waals surface area contributed by atoms with Gasteiger partial charge in [0.1, 0.15) is 6.54 Å². The van der Waals surface area contributed by atoms with Crippen molar-refractivity contribution in [3.05, 3.63) is 142 Å². The van der Waals surface area contributed by atoms with Crippen molar-refractivity contribution in [2.75, 3.05) is 17.2 Å². The van der Waals surface area contributed by atoms with Gasteiger partial charge in [0.05, 0.1) is 10.8 Å². The summed E-state index contributed by atoms with van der Waals surface area (Å²) < 4.78 is 34.0. The van der Waals surface area contributed by atoms with Crippen molar-refractivity contribution in [3.8, 4) is 0 Å². The number of rotatable bonds is 11. The number of hydrogen-bond donors (Lipinski definition) is 1. The van der Waals surface area contributed by atoms with E-state index < -0.39 is 10.1 Å². The molecule has 0 saturated carbocycles. The number of hydrogen-bond acceptors (Lipinski definition) is 3. The van der Waals surface area contributed by atoms with Gasteiger partial charge in [-0.3, -0.25) is 4.55 Å². The van der Waals surface area contributed by atoms with Crippen LogP contribution in [0.5, 0.6) is 0 Å². The molecule has 3 aromatic carbocycles. The number of nitrogens with zero attached hydrogens (tertiary/aromatic N) is 2. The molecule has 1 N–H and O–H groups in total. The molecule has 1 aliphatic heterocycles. The van der Waals surface area contributed by atoms with Crippen LogP contribution in [0.1, 0.15) is 55.0 Å². The Hall–Kier alpha value is -4.23. The van der Waals surface area contributed by atoms with Crippen LogP contribution in [-0.4, -0.2) is 25.3 Å². The Labute approximate surface area is 276 Å². The molecule has 1 aliphatic carbocycles. The summed E-state index contributed by atoms with van der Waals surface area (Å²) in [5.74, 6) is -0.243. The van der Waals surface area contributed by atoms with Crippen LogP contribution < -0.4 is 9.47 Å². The lowest BCUT2D eigenvalue weighted by Gasteiger charge is -2.30. The van der Waals surface area contributed by atoms with Crippen molar-refractivity contribution in [1.29, 1.82) is 0 Å². The van der Waals surface area contributed by atoms with Gasteiger partial charge in [-0.2, -0.15) is 13.0 Å². The van der Waals surface area contributed by atoms with Crippen LogP contribution in [0.25, 0.3) is 34.2 Å². The quantitative estimate of drug-likeness (QED) is 0.100. The standard InChI is InChI=1S/C39H37ClN2O3S/c1-2-3-26-41-31(20-18-29-12-4-8-16-37(29)41)22-24-35-33-14-6-7-15-34(33)36(39(35)40)25-23-32-21-19-30-13-5-9-17-38(30)42(32)27-10-11-28-46(43,44)45/h4-9,12-25H,2-3,10-11,26-28H2,1H3/p+1. The first kappa shape index (κ1) is 31.7. The van der Waals surface area contributed by atoms with E-state index in [9.17, 15) is 13.0 Å². The van der Waals surface area contributed by atoms with Crippen LogP contribution in [0.3, 0.4) is 0 Å². The Balaban J connectivity index is 1.35. The molecule has 0 saturated heterocycles. The van der Waals surface area contributed by atoms with E-state index in [2.05, 4.69) is 114 Å². The van der Waals surface area contributed by atoms with Crippen LogP contribution in [0.4, 0.5) is 5.69 Å². The average Bonchev–Trinajstić information content (AvgIpc) is 3.33. The number of aryl methyl sites for hydroxylation is 1. The first-order valence-electron chi connectivity index (χ1n) is 15.9. The zero-order valence-corrected chi connectivity index (χ0v) is 27.5. The highest BCUT2D eigenvalue weighted by molar-refractivity contribution is 7.85. The predicted molar refractivity (Wildman–Crippen MR) is 192 cm³/mol. The topological polar surface area (TPSA) is 61.5 Å². The van der Waals surface area contributed by atoms with Gasteiger partial charge in [-0.1, -0.05) is 91.7 Å².